The first-order chi connectivity index (χ1) is 14.8. The van der Waals surface area contributed by atoms with Crippen molar-refractivity contribution in [2.75, 3.05) is 17.7 Å². The normalized spacial score (nSPS) is 10.7. The summed E-state index contributed by atoms with van der Waals surface area (Å²) in [5.74, 6) is -1.72. The van der Waals surface area contributed by atoms with Crippen molar-refractivity contribution in [3.63, 3.8) is 0 Å². The Kier molecular flexibility index (Phi) is 7.02. The number of nitrogens with two attached hydrogens (primary N) is 1. The SMILES string of the molecule is CCOC(=O)c1c(NC(=O)CSc2nnnn2-c2cccc(C)c2)sc(C(N)=O)c1C. The first kappa shape index (κ1) is 22.4. The summed E-state index contributed by atoms with van der Waals surface area (Å²) in [6.45, 7) is 5.37. The fraction of sp³-hybridized carbons (Fsp3) is 0.263. The van der Waals surface area contributed by atoms with E-state index in [2.05, 4.69) is 20.8 Å². The first-order valence-corrected chi connectivity index (χ1v) is 11.0. The molecule has 0 aliphatic rings. The predicted octanol–water partition coefficient (Wildman–Crippen LogP) is 2.35. The number of thiophene rings is 1. The maximum Gasteiger partial charge on any atom is 0.341 e. The molecule has 162 valence electrons. The van der Waals surface area contributed by atoms with Crippen LogP contribution in [0.5, 0.6) is 0 Å². The van der Waals surface area contributed by atoms with Crippen LogP contribution in [0.25, 0.3) is 5.69 Å². The minimum Gasteiger partial charge on any atom is -0.462 e. The maximum atomic E-state index is 12.6. The van der Waals surface area contributed by atoms with Gasteiger partial charge in [0.1, 0.15) is 5.00 Å². The number of ether oxygens (including phenoxy) is 1. The topological polar surface area (TPSA) is 142 Å². The number of aryl methyl sites for hydroxylation is 1. The lowest BCUT2D eigenvalue weighted by Crippen LogP contribution is -2.17. The second kappa shape index (κ2) is 9.71. The molecule has 12 heteroatoms. The lowest BCUT2D eigenvalue weighted by atomic mass is 10.1. The van der Waals surface area contributed by atoms with Crippen LogP contribution < -0.4 is 11.1 Å². The van der Waals surface area contributed by atoms with Crippen molar-refractivity contribution >= 4 is 45.9 Å². The van der Waals surface area contributed by atoms with Gasteiger partial charge in [-0.1, -0.05) is 23.9 Å². The molecule has 0 radical (unpaired) electrons. The third kappa shape index (κ3) is 5.09. The fourth-order valence-corrected chi connectivity index (χ4v) is 4.52. The van der Waals surface area contributed by atoms with E-state index >= 15 is 0 Å². The third-order valence-electron chi connectivity index (χ3n) is 4.12. The summed E-state index contributed by atoms with van der Waals surface area (Å²) >= 11 is 2.07. The largest absolute Gasteiger partial charge is 0.462 e. The monoisotopic (exact) mass is 460 g/mol. The molecular weight excluding hydrogens is 440 g/mol. The van der Waals surface area contributed by atoms with Crippen molar-refractivity contribution < 1.29 is 19.1 Å². The zero-order chi connectivity index (χ0) is 22.5. The molecule has 2 aromatic heterocycles. The van der Waals surface area contributed by atoms with Gasteiger partial charge in [0.2, 0.25) is 11.1 Å². The van der Waals surface area contributed by atoms with Gasteiger partial charge in [-0.05, 0) is 54.5 Å². The number of rotatable bonds is 8. The number of aromatic nitrogens is 4. The number of primary amides is 1. The Bertz CT molecular complexity index is 1140. The number of amides is 2. The highest BCUT2D eigenvalue weighted by atomic mass is 32.2. The maximum absolute atomic E-state index is 12.6. The van der Waals surface area contributed by atoms with Gasteiger partial charge in [-0.3, -0.25) is 9.59 Å². The molecule has 31 heavy (non-hydrogen) atoms. The van der Waals surface area contributed by atoms with Gasteiger partial charge in [-0.25, -0.2) is 4.79 Å². The molecule has 10 nitrogen and oxygen atoms in total. The van der Waals surface area contributed by atoms with E-state index in [9.17, 15) is 14.4 Å². The average molecular weight is 461 g/mol. The van der Waals surface area contributed by atoms with Crippen molar-refractivity contribution in [3.8, 4) is 5.69 Å². The molecule has 0 spiro atoms. The zero-order valence-corrected chi connectivity index (χ0v) is 18.7. The van der Waals surface area contributed by atoms with Crippen LogP contribution in [0.1, 0.15) is 38.1 Å². The van der Waals surface area contributed by atoms with Gasteiger partial charge in [0.25, 0.3) is 5.91 Å². The van der Waals surface area contributed by atoms with E-state index in [1.165, 1.54) is 4.68 Å². The molecule has 0 bridgehead atoms. The van der Waals surface area contributed by atoms with Crippen LogP contribution in [0, 0.1) is 13.8 Å². The quantitative estimate of drug-likeness (QED) is 0.385. The Balaban J connectivity index is 1.75. The average Bonchev–Trinajstić information content (AvgIpc) is 3.31. The van der Waals surface area contributed by atoms with Crippen molar-refractivity contribution in [2.45, 2.75) is 25.9 Å². The minimum atomic E-state index is -0.680. The van der Waals surface area contributed by atoms with Gasteiger partial charge < -0.3 is 15.8 Å². The van der Waals surface area contributed by atoms with Gasteiger partial charge in [-0.15, -0.1) is 16.4 Å². The van der Waals surface area contributed by atoms with Crippen molar-refractivity contribution in [2.24, 2.45) is 5.73 Å². The summed E-state index contributed by atoms with van der Waals surface area (Å²) in [7, 11) is 0. The van der Waals surface area contributed by atoms with Crippen LogP contribution >= 0.6 is 23.1 Å². The second-order valence-corrected chi connectivity index (χ2v) is 8.36. The van der Waals surface area contributed by atoms with Crippen LogP contribution in [0.2, 0.25) is 0 Å². The summed E-state index contributed by atoms with van der Waals surface area (Å²) in [6.07, 6.45) is 0. The molecule has 3 N–H and O–H groups in total. The number of carbonyl (C=O) groups is 3. The molecule has 0 fully saturated rings. The molecule has 3 aromatic rings. The fourth-order valence-electron chi connectivity index (χ4n) is 2.77. The van der Waals surface area contributed by atoms with Gasteiger partial charge >= 0.3 is 5.97 Å². The molecule has 1 aromatic carbocycles. The molecule has 0 aliphatic heterocycles. The van der Waals surface area contributed by atoms with Gasteiger partial charge in [-0.2, -0.15) is 4.68 Å². The van der Waals surface area contributed by atoms with Crippen LogP contribution in [0.15, 0.2) is 29.4 Å². The van der Waals surface area contributed by atoms with Crippen molar-refractivity contribution in [1.82, 2.24) is 20.2 Å². The Hall–Kier alpha value is -3.25. The number of anilines is 1. The number of nitrogens with one attached hydrogen (secondary N) is 1. The number of hydrogen-bond acceptors (Lipinski definition) is 9. The first-order valence-electron chi connectivity index (χ1n) is 9.20. The van der Waals surface area contributed by atoms with Gasteiger partial charge in [0.15, 0.2) is 0 Å². The highest BCUT2D eigenvalue weighted by molar-refractivity contribution is 7.99. The number of thioether (sulfide) groups is 1. The Morgan fingerprint density at radius 2 is 2.06 bits per heavy atom. The third-order valence-corrected chi connectivity index (χ3v) is 6.26. The summed E-state index contributed by atoms with van der Waals surface area (Å²) < 4.78 is 6.58. The van der Waals surface area contributed by atoms with Crippen LogP contribution in [0.3, 0.4) is 0 Å². The molecule has 0 saturated heterocycles. The summed E-state index contributed by atoms with van der Waals surface area (Å²) in [5.41, 5.74) is 7.71. The van der Waals surface area contributed by atoms with E-state index in [4.69, 9.17) is 10.5 Å². The van der Waals surface area contributed by atoms with E-state index in [-0.39, 0.29) is 27.8 Å². The number of nitrogens with zero attached hydrogens (tertiary/aromatic N) is 4. The van der Waals surface area contributed by atoms with E-state index in [1.54, 1.807) is 13.8 Å². The van der Waals surface area contributed by atoms with Crippen LogP contribution in [-0.2, 0) is 9.53 Å². The zero-order valence-electron chi connectivity index (χ0n) is 17.0. The van der Waals surface area contributed by atoms with E-state index in [1.807, 2.05) is 31.2 Å². The van der Waals surface area contributed by atoms with Gasteiger partial charge in [0.05, 0.1) is 28.5 Å². The number of benzene rings is 1. The van der Waals surface area contributed by atoms with Crippen molar-refractivity contribution in [3.05, 3.63) is 45.8 Å². The smallest absolute Gasteiger partial charge is 0.341 e. The molecule has 0 unspecified atom stereocenters. The Morgan fingerprint density at radius 3 is 2.74 bits per heavy atom. The van der Waals surface area contributed by atoms with Crippen molar-refractivity contribution in [1.29, 1.82) is 0 Å². The minimum absolute atomic E-state index is 0.0166. The lowest BCUT2D eigenvalue weighted by Gasteiger charge is -2.07. The summed E-state index contributed by atoms with van der Waals surface area (Å²) in [6, 6.07) is 7.63. The Morgan fingerprint density at radius 1 is 1.29 bits per heavy atom. The second-order valence-electron chi connectivity index (χ2n) is 6.39. The Labute approximate surface area is 186 Å². The van der Waals surface area contributed by atoms with E-state index < -0.39 is 17.8 Å². The number of esters is 1. The highest BCUT2D eigenvalue weighted by Gasteiger charge is 2.25. The predicted molar refractivity (Wildman–Crippen MR) is 117 cm³/mol. The lowest BCUT2D eigenvalue weighted by molar-refractivity contribution is -0.113. The molecule has 0 aliphatic carbocycles. The molecule has 0 saturated carbocycles. The van der Waals surface area contributed by atoms with E-state index in [0.29, 0.717) is 10.7 Å². The molecule has 3 rings (SSSR count). The number of tetrazole rings is 1. The highest BCUT2D eigenvalue weighted by Crippen LogP contribution is 2.33. The molecule has 0 atom stereocenters. The van der Waals surface area contributed by atoms with Crippen LogP contribution in [-0.4, -0.2) is 50.4 Å². The molecule has 2 amide bonds. The standard InChI is InChI=1S/C19H20N6O4S2/c1-4-29-18(28)14-11(3)15(16(20)27)31-17(14)21-13(26)9-30-19-22-23-24-25(19)12-7-5-6-10(2)8-12/h5-8H,4,9H2,1-3H3,(H2,20,27)(H,21,26). The van der Waals surface area contributed by atoms with Gasteiger partial charge in [0, 0.05) is 0 Å². The molecule has 2 heterocycles. The van der Waals surface area contributed by atoms with Crippen LogP contribution in [0.4, 0.5) is 5.00 Å². The summed E-state index contributed by atoms with van der Waals surface area (Å²) in [5, 5.41) is 14.9. The van der Waals surface area contributed by atoms with E-state index in [0.717, 1.165) is 34.3 Å². The summed E-state index contributed by atoms with van der Waals surface area (Å²) in [4.78, 5) is 36.7. The number of carbonyl (C=O) groups excluding carboxylic acids is 3. The molecular formula is C19H20N6O4S2. The number of hydrogen-bond donors (Lipinski definition) is 2.